The zero-order valence-electron chi connectivity index (χ0n) is 19.4. The zero-order chi connectivity index (χ0) is 23.8. The van der Waals surface area contributed by atoms with E-state index in [2.05, 4.69) is 5.32 Å². The molecule has 0 saturated carbocycles. The van der Waals surface area contributed by atoms with Crippen molar-refractivity contribution >= 4 is 35.0 Å². The first-order valence-electron chi connectivity index (χ1n) is 10.9. The van der Waals surface area contributed by atoms with Crippen molar-refractivity contribution in [3.63, 3.8) is 0 Å². The second kappa shape index (κ2) is 12.1. The van der Waals surface area contributed by atoms with E-state index in [1.54, 1.807) is 23.1 Å². The van der Waals surface area contributed by atoms with Crippen molar-refractivity contribution in [2.75, 3.05) is 6.61 Å². The van der Waals surface area contributed by atoms with Crippen LogP contribution >= 0.6 is 23.2 Å². The maximum atomic E-state index is 13.3. The van der Waals surface area contributed by atoms with E-state index in [0.717, 1.165) is 23.1 Å². The number of ether oxygens (including phenoxy) is 1. The van der Waals surface area contributed by atoms with Gasteiger partial charge < -0.3 is 15.0 Å². The van der Waals surface area contributed by atoms with Crippen molar-refractivity contribution in [2.24, 2.45) is 0 Å². The first-order chi connectivity index (χ1) is 15.2. The Morgan fingerprint density at radius 1 is 1.03 bits per heavy atom. The van der Waals surface area contributed by atoms with Crippen LogP contribution in [0, 0.1) is 13.8 Å². The van der Waals surface area contributed by atoms with Crippen LogP contribution in [0.3, 0.4) is 0 Å². The van der Waals surface area contributed by atoms with E-state index < -0.39 is 6.04 Å². The zero-order valence-corrected chi connectivity index (χ0v) is 20.9. The molecule has 32 heavy (non-hydrogen) atoms. The summed E-state index contributed by atoms with van der Waals surface area (Å²) in [5.41, 5.74) is 2.78. The van der Waals surface area contributed by atoms with E-state index in [4.69, 9.17) is 27.9 Å². The van der Waals surface area contributed by atoms with Gasteiger partial charge in [0.05, 0.1) is 10.0 Å². The van der Waals surface area contributed by atoms with Gasteiger partial charge in [-0.1, -0.05) is 55.2 Å². The first-order valence-corrected chi connectivity index (χ1v) is 11.7. The number of carbonyl (C=O) groups excluding carboxylic acids is 2. The van der Waals surface area contributed by atoms with Gasteiger partial charge in [-0.3, -0.25) is 9.59 Å². The summed E-state index contributed by atoms with van der Waals surface area (Å²) in [6.45, 7) is 9.79. The van der Waals surface area contributed by atoms with Gasteiger partial charge in [-0.05, 0) is 68.5 Å². The van der Waals surface area contributed by atoms with Crippen molar-refractivity contribution in [1.29, 1.82) is 0 Å². The molecule has 7 heteroatoms. The second-order valence-corrected chi connectivity index (χ2v) is 8.88. The van der Waals surface area contributed by atoms with Gasteiger partial charge in [-0.2, -0.15) is 0 Å². The monoisotopic (exact) mass is 478 g/mol. The van der Waals surface area contributed by atoms with Gasteiger partial charge >= 0.3 is 0 Å². The van der Waals surface area contributed by atoms with Gasteiger partial charge in [-0.25, -0.2) is 0 Å². The van der Waals surface area contributed by atoms with Gasteiger partial charge in [0.25, 0.3) is 5.91 Å². The number of nitrogens with zero attached hydrogens (tertiary/aromatic N) is 1. The van der Waals surface area contributed by atoms with Gasteiger partial charge in [-0.15, -0.1) is 0 Å². The lowest BCUT2D eigenvalue weighted by atomic mass is 10.1. The fourth-order valence-corrected chi connectivity index (χ4v) is 3.60. The standard InChI is InChI=1S/C25H32Cl2N2O3/c1-6-18(5)28-25(31)22(7-2)29(14-19-10-11-20(26)21(27)13-19)24(30)15-32-23-12-16(3)8-9-17(23)4/h8-13,18,22H,6-7,14-15H2,1-5H3,(H,28,31)/t18-,22-/m1/s1. The Labute approximate surface area is 201 Å². The quantitative estimate of drug-likeness (QED) is 0.475. The van der Waals surface area contributed by atoms with Crippen LogP contribution in [0.2, 0.25) is 10.0 Å². The Balaban J connectivity index is 2.28. The molecule has 2 atom stereocenters. The highest BCUT2D eigenvalue weighted by Crippen LogP contribution is 2.24. The van der Waals surface area contributed by atoms with Gasteiger partial charge in [0.2, 0.25) is 5.91 Å². The van der Waals surface area contributed by atoms with Crippen LogP contribution in [0.5, 0.6) is 5.75 Å². The molecule has 174 valence electrons. The molecule has 0 aliphatic heterocycles. The molecule has 0 saturated heterocycles. The Hall–Kier alpha value is -2.24. The first kappa shape index (κ1) is 26.0. The molecule has 0 bridgehead atoms. The molecule has 0 aliphatic rings. The molecular formula is C25H32Cl2N2O3. The topological polar surface area (TPSA) is 58.6 Å². The lowest BCUT2D eigenvalue weighted by Gasteiger charge is -2.31. The molecule has 0 fully saturated rings. The van der Waals surface area contributed by atoms with Crippen LogP contribution in [0.1, 0.15) is 50.3 Å². The minimum atomic E-state index is -0.631. The summed E-state index contributed by atoms with van der Waals surface area (Å²) >= 11 is 12.2. The predicted molar refractivity (Wildman–Crippen MR) is 130 cm³/mol. The van der Waals surface area contributed by atoms with Gasteiger partial charge in [0.1, 0.15) is 11.8 Å². The van der Waals surface area contributed by atoms with Crippen molar-refractivity contribution in [1.82, 2.24) is 10.2 Å². The number of hydrogen-bond donors (Lipinski definition) is 1. The van der Waals surface area contributed by atoms with Crippen LogP contribution in [-0.2, 0) is 16.1 Å². The van der Waals surface area contributed by atoms with Gasteiger partial charge in [0.15, 0.2) is 6.61 Å². The summed E-state index contributed by atoms with van der Waals surface area (Å²) in [6.07, 6.45) is 1.28. The van der Waals surface area contributed by atoms with Crippen molar-refractivity contribution in [2.45, 2.75) is 66.1 Å². The summed E-state index contributed by atoms with van der Waals surface area (Å²) in [6, 6.07) is 10.4. The molecule has 0 spiro atoms. The maximum absolute atomic E-state index is 13.3. The Kier molecular flexibility index (Phi) is 9.85. The highest BCUT2D eigenvalue weighted by atomic mass is 35.5. The third-order valence-electron chi connectivity index (χ3n) is 5.42. The highest BCUT2D eigenvalue weighted by molar-refractivity contribution is 6.42. The van der Waals surface area contributed by atoms with Crippen molar-refractivity contribution in [3.8, 4) is 5.75 Å². The number of nitrogens with one attached hydrogen (secondary N) is 1. The van der Waals surface area contributed by atoms with E-state index in [0.29, 0.717) is 22.2 Å². The fraction of sp³-hybridized carbons (Fsp3) is 0.440. The van der Waals surface area contributed by atoms with E-state index >= 15 is 0 Å². The highest BCUT2D eigenvalue weighted by Gasteiger charge is 2.29. The Morgan fingerprint density at radius 3 is 2.38 bits per heavy atom. The molecule has 2 aromatic carbocycles. The van der Waals surface area contributed by atoms with E-state index in [1.807, 2.05) is 52.8 Å². The van der Waals surface area contributed by atoms with Crippen molar-refractivity contribution < 1.29 is 14.3 Å². The summed E-state index contributed by atoms with van der Waals surface area (Å²) in [7, 11) is 0. The third-order valence-corrected chi connectivity index (χ3v) is 6.16. The molecular weight excluding hydrogens is 447 g/mol. The molecule has 0 aliphatic carbocycles. The Bertz CT molecular complexity index is 949. The maximum Gasteiger partial charge on any atom is 0.261 e. The van der Waals surface area contributed by atoms with Crippen LogP contribution in [0.15, 0.2) is 36.4 Å². The molecule has 0 unspecified atom stereocenters. The average Bonchev–Trinajstić information content (AvgIpc) is 2.76. The number of amides is 2. The molecule has 2 amide bonds. The minimum absolute atomic E-state index is 0.0182. The fourth-order valence-electron chi connectivity index (χ4n) is 3.28. The second-order valence-electron chi connectivity index (χ2n) is 8.07. The number of benzene rings is 2. The molecule has 0 radical (unpaired) electrons. The average molecular weight is 479 g/mol. The van der Waals surface area contributed by atoms with Crippen LogP contribution in [0.25, 0.3) is 0 Å². The van der Waals surface area contributed by atoms with Crippen LogP contribution in [0.4, 0.5) is 0 Å². The molecule has 0 aromatic heterocycles. The normalized spacial score (nSPS) is 12.7. The lowest BCUT2D eigenvalue weighted by molar-refractivity contribution is -0.143. The minimum Gasteiger partial charge on any atom is -0.483 e. The Morgan fingerprint density at radius 2 is 1.75 bits per heavy atom. The van der Waals surface area contributed by atoms with E-state index in [-0.39, 0.29) is 31.0 Å². The van der Waals surface area contributed by atoms with E-state index in [9.17, 15) is 9.59 Å². The van der Waals surface area contributed by atoms with Gasteiger partial charge in [0, 0.05) is 12.6 Å². The summed E-state index contributed by atoms with van der Waals surface area (Å²) in [4.78, 5) is 27.8. The SMILES string of the molecule is CC[C@@H](C)NC(=O)[C@@H](CC)N(Cc1ccc(Cl)c(Cl)c1)C(=O)COc1cc(C)ccc1C. The number of aryl methyl sites for hydroxylation is 2. The van der Waals surface area contributed by atoms with Crippen LogP contribution in [-0.4, -0.2) is 35.4 Å². The number of carbonyl (C=O) groups is 2. The molecule has 2 rings (SSSR count). The third kappa shape index (κ3) is 7.14. The summed E-state index contributed by atoms with van der Waals surface area (Å²) < 4.78 is 5.85. The number of halogens is 2. The van der Waals surface area contributed by atoms with Crippen LogP contribution < -0.4 is 10.1 Å². The molecule has 1 N–H and O–H groups in total. The van der Waals surface area contributed by atoms with E-state index in [1.165, 1.54) is 0 Å². The molecule has 5 nitrogen and oxygen atoms in total. The molecule has 2 aromatic rings. The summed E-state index contributed by atoms with van der Waals surface area (Å²) in [5, 5.41) is 3.83. The predicted octanol–water partition coefficient (Wildman–Crippen LogP) is 5.71. The van der Waals surface area contributed by atoms with Crippen molar-refractivity contribution in [3.05, 3.63) is 63.1 Å². The largest absolute Gasteiger partial charge is 0.483 e. The lowest BCUT2D eigenvalue weighted by Crippen LogP contribution is -2.51. The summed E-state index contributed by atoms with van der Waals surface area (Å²) in [5.74, 6) is 0.204. The number of rotatable bonds is 10. The molecule has 0 heterocycles. The number of hydrogen-bond acceptors (Lipinski definition) is 3. The smallest absolute Gasteiger partial charge is 0.261 e.